The Morgan fingerprint density at radius 3 is 2.41 bits per heavy atom. The van der Waals surface area contributed by atoms with Crippen LogP contribution in [0.25, 0.3) is 0 Å². The van der Waals surface area contributed by atoms with Crippen LogP contribution in [0.3, 0.4) is 0 Å². The lowest BCUT2D eigenvalue weighted by atomic mass is 10.2. The van der Waals surface area contributed by atoms with Gasteiger partial charge in [-0.1, -0.05) is 11.6 Å². The summed E-state index contributed by atoms with van der Waals surface area (Å²) in [5.74, 6) is -0.156. The fraction of sp³-hybridized carbons (Fsp3) is 0.100. The average molecular weight is 386 g/mol. The maximum Gasteiger partial charge on any atom is 0.274 e. The number of carbonyl (C=O) groups excluding carboxylic acids is 1. The summed E-state index contributed by atoms with van der Waals surface area (Å²) in [4.78, 5) is 16.4. The van der Waals surface area contributed by atoms with E-state index in [0.717, 1.165) is 17.1 Å². The molecule has 138 valence electrons. The first-order chi connectivity index (χ1) is 13.0. The molecule has 0 radical (unpaired) electrons. The molecule has 0 aliphatic rings. The molecule has 2 N–H and O–H groups in total. The number of amides is 1. The molecule has 0 fully saturated rings. The van der Waals surface area contributed by atoms with Gasteiger partial charge in [-0.3, -0.25) is 4.79 Å². The zero-order valence-corrected chi connectivity index (χ0v) is 15.3. The van der Waals surface area contributed by atoms with Crippen molar-refractivity contribution in [2.45, 2.75) is 6.92 Å². The van der Waals surface area contributed by atoms with Crippen LogP contribution in [0.5, 0.6) is 5.75 Å². The molecule has 0 spiro atoms. The second-order valence-corrected chi connectivity index (χ2v) is 6.00. The van der Waals surface area contributed by atoms with Crippen molar-refractivity contribution in [3.8, 4) is 5.75 Å². The molecule has 0 bridgehead atoms. The summed E-state index contributed by atoms with van der Waals surface area (Å²) in [6, 6.07) is 14.8. The van der Waals surface area contributed by atoms with Gasteiger partial charge in [-0.25, -0.2) is 9.37 Å². The molecule has 2 aromatic carbocycles. The number of nitrogens with one attached hydrogen (secondary N) is 2. The smallest absolute Gasteiger partial charge is 0.274 e. The molecule has 5 nitrogen and oxygen atoms in total. The zero-order valence-electron chi connectivity index (χ0n) is 14.5. The maximum absolute atomic E-state index is 13.2. The van der Waals surface area contributed by atoms with Gasteiger partial charge >= 0.3 is 0 Å². The number of pyridine rings is 1. The Bertz CT molecular complexity index is 931. The Labute approximate surface area is 161 Å². The van der Waals surface area contributed by atoms with Gasteiger partial charge in [0.15, 0.2) is 0 Å². The fourth-order valence-corrected chi connectivity index (χ4v) is 2.52. The second kappa shape index (κ2) is 8.51. The molecule has 7 heteroatoms. The van der Waals surface area contributed by atoms with Crippen LogP contribution >= 0.6 is 11.6 Å². The summed E-state index contributed by atoms with van der Waals surface area (Å²) in [7, 11) is 0. The molecule has 0 unspecified atom stereocenters. The van der Waals surface area contributed by atoms with E-state index in [9.17, 15) is 9.18 Å². The second-order valence-electron chi connectivity index (χ2n) is 5.60. The van der Waals surface area contributed by atoms with E-state index in [0.29, 0.717) is 12.3 Å². The van der Waals surface area contributed by atoms with Gasteiger partial charge in [-0.15, -0.1) is 0 Å². The van der Waals surface area contributed by atoms with E-state index < -0.39 is 11.7 Å². The highest BCUT2D eigenvalue weighted by Crippen LogP contribution is 2.21. The number of anilines is 3. The average Bonchev–Trinajstić information content (AvgIpc) is 2.67. The summed E-state index contributed by atoms with van der Waals surface area (Å²) < 4.78 is 18.6. The van der Waals surface area contributed by atoms with Gasteiger partial charge in [0.25, 0.3) is 5.91 Å². The fourth-order valence-electron chi connectivity index (χ4n) is 2.34. The van der Waals surface area contributed by atoms with Crippen LogP contribution in [-0.2, 0) is 0 Å². The summed E-state index contributed by atoms with van der Waals surface area (Å²) in [5.41, 5.74) is 2.23. The van der Waals surface area contributed by atoms with E-state index in [2.05, 4.69) is 15.6 Å². The Hall–Kier alpha value is -3.12. The molecular formula is C20H17ClFN3O2. The number of carbonyl (C=O) groups is 1. The Morgan fingerprint density at radius 2 is 1.78 bits per heavy atom. The van der Waals surface area contributed by atoms with Crippen molar-refractivity contribution in [1.82, 2.24) is 4.98 Å². The Kier molecular flexibility index (Phi) is 5.88. The van der Waals surface area contributed by atoms with Gasteiger partial charge in [0.2, 0.25) is 0 Å². The van der Waals surface area contributed by atoms with Gasteiger partial charge in [0.1, 0.15) is 17.3 Å². The molecule has 0 aliphatic heterocycles. The largest absolute Gasteiger partial charge is 0.494 e. The predicted molar refractivity (Wildman–Crippen MR) is 104 cm³/mol. The standard InChI is InChI=1S/C20H17ClFN3O2/c1-2-27-16-7-3-13(4-8-16)24-15-6-10-19(23-12-15)20(26)25-14-5-9-18(22)17(21)11-14/h3-12,24H,2H2,1H3,(H,25,26). The third-order valence-electron chi connectivity index (χ3n) is 3.63. The van der Waals surface area contributed by atoms with Crippen molar-refractivity contribution in [2.24, 2.45) is 0 Å². The number of hydrogen-bond acceptors (Lipinski definition) is 4. The van der Waals surface area contributed by atoms with Crippen LogP contribution in [0.15, 0.2) is 60.8 Å². The highest BCUT2D eigenvalue weighted by Gasteiger charge is 2.09. The highest BCUT2D eigenvalue weighted by atomic mass is 35.5. The van der Waals surface area contributed by atoms with Crippen LogP contribution in [0, 0.1) is 5.82 Å². The number of aromatic nitrogens is 1. The lowest BCUT2D eigenvalue weighted by Gasteiger charge is -2.09. The number of nitrogens with zero attached hydrogens (tertiary/aromatic N) is 1. The van der Waals surface area contributed by atoms with Crippen LogP contribution < -0.4 is 15.4 Å². The minimum atomic E-state index is -0.544. The molecule has 0 atom stereocenters. The topological polar surface area (TPSA) is 63.2 Å². The number of halogens is 2. The molecule has 1 heterocycles. The molecule has 0 aliphatic carbocycles. The first kappa shape index (κ1) is 18.7. The van der Waals surface area contributed by atoms with E-state index in [1.165, 1.54) is 18.2 Å². The van der Waals surface area contributed by atoms with E-state index in [-0.39, 0.29) is 10.7 Å². The first-order valence-electron chi connectivity index (χ1n) is 8.27. The van der Waals surface area contributed by atoms with Gasteiger partial charge in [0.05, 0.1) is 23.5 Å². The lowest BCUT2D eigenvalue weighted by molar-refractivity contribution is 0.102. The third kappa shape index (κ3) is 4.95. The van der Waals surface area contributed by atoms with Crippen molar-refractivity contribution in [1.29, 1.82) is 0 Å². The quantitative estimate of drug-likeness (QED) is 0.606. The number of ether oxygens (including phenoxy) is 1. The molecule has 0 saturated carbocycles. The lowest BCUT2D eigenvalue weighted by Crippen LogP contribution is -2.13. The molecule has 1 amide bonds. The molecule has 1 aromatic heterocycles. The minimum Gasteiger partial charge on any atom is -0.494 e. The van der Waals surface area contributed by atoms with Crippen molar-refractivity contribution in [3.63, 3.8) is 0 Å². The predicted octanol–water partition coefficient (Wildman–Crippen LogP) is 5.27. The van der Waals surface area contributed by atoms with E-state index in [4.69, 9.17) is 16.3 Å². The van der Waals surface area contributed by atoms with Crippen molar-refractivity contribution in [2.75, 3.05) is 17.2 Å². The van der Waals surface area contributed by atoms with Gasteiger partial charge in [-0.05, 0) is 61.5 Å². The number of hydrogen-bond donors (Lipinski definition) is 2. The molecular weight excluding hydrogens is 369 g/mol. The van der Waals surface area contributed by atoms with Crippen LogP contribution in [0.1, 0.15) is 17.4 Å². The van der Waals surface area contributed by atoms with Crippen molar-refractivity contribution < 1.29 is 13.9 Å². The van der Waals surface area contributed by atoms with Crippen LogP contribution in [0.2, 0.25) is 5.02 Å². The SMILES string of the molecule is CCOc1ccc(Nc2ccc(C(=O)Nc3ccc(F)c(Cl)c3)nc2)cc1. The molecule has 27 heavy (non-hydrogen) atoms. The molecule has 3 aromatic rings. The Morgan fingerprint density at radius 1 is 1.07 bits per heavy atom. The first-order valence-corrected chi connectivity index (χ1v) is 8.65. The normalized spacial score (nSPS) is 10.3. The van der Waals surface area contributed by atoms with Crippen LogP contribution in [0.4, 0.5) is 21.5 Å². The van der Waals surface area contributed by atoms with Crippen LogP contribution in [-0.4, -0.2) is 17.5 Å². The molecule has 0 saturated heterocycles. The monoisotopic (exact) mass is 385 g/mol. The summed E-state index contributed by atoms with van der Waals surface area (Å²) >= 11 is 5.71. The van der Waals surface area contributed by atoms with Gasteiger partial charge in [-0.2, -0.15) is 0 Å². The van der Waals surface area contributed by atoms with Crippen molar-refractivity contribution >= 4 is 34.6 Å². The third-order valence-corrected chi connectivity index (χ3v) is 3.92. The van der Waals surface area contributed by atoms with Crippen molar-refractivity contribution in [3.05, 3.63) is 77.3 Å². The number of benzene rings is 2. The number of rotatable bonds is 6. The summed E-state index contributed by atoms with van der Waals surface area (Å²) in [6.07, 6.45) is 1.56. The maximum atomic E-state index is 13.2. The van der Waals surface area contributed by atoms with E-state index >= 15 is 0 Å². The van der Waals surface area contributed by atoms with Gasteiger partial charge < -0.3 is 15.4 Å². The Balaban J connectivity index is 1.63. The zero-order chi connectivity index (χ0) is 19.2. The summed E-state index contributed by atoms with van der Waals surface area (Å²) in [5, 5.41) is 5.76. The van der Waals surface area contributed by atoms with E-state index in [1.54, 1.807) is 18.3 Å². The minimum absolute atomic E-state index is 0.0596. The van der Waals surface area contributed by atoms with E-state index in [1.807, 2.05) is 31.2 Å². The molecule has 3 rings (SSSR count). The summed E-state index contributed by atoms with van der Waals surface area (Å²) in [6.45, 7) is 2.55. The van der Waals surface area contributed by atoms with Gasteiger partial charge in [0, 0.05) is 11.4 Å². The highest BCUT2D eigenvalue weighted by molar-refractivity contribution is 6.31.